The quantitative estimate of drug-likeness (QED) is 0.722. The van der Waals surface area contributed by atoms with Crippen molar-refractivity contribution in [1.82, 2.24) is 5.32 Å². The van der Waals surface area contributed by atoms with Crippen molar-refractivity contribution in [2.24, 2.45) is 11.8 Å². The molecule has 82 valence electrons. The van der Waals surface area contributed by atoms with Gasteiger partial charge in [-0.15, -0.1) is 0 Å². The second-order valence-corrected chi connectivity index (χ2v) is 3.60. The maximum atomic E-state index is 12.3. The molecule has 2 atom stereocenters. The van der Waals surface area contributed by atoms with E-state index < -0.39 is 24.0 Å². The summed E-state index contributed by atoms with van der Waals surface area (Å²) < 4.78 is 36.8. The highest BCUT2D eigenvalue weighted by molar-refractivity contribution is 5.67. The Kier molecular flexibility index (Phi) is 3.36. The molecule has 6 heteroatoms. The lowest BCUT2D eigenvalue weighted by Gasteiger charge is -2.30. The number of aliphatic carboxylic acids is 1. The molecule has 0 aromatic heterocycles. The lowest BCUT2D eigenvalue weighted by molar-refractivity contribution is -0.182. The first-order valence-corrected chi connectivity index (χ1v) is 4.39. The summed E-state index contributed by atoms with van der Waals surface area (Å²) in [5.74, 6) is -2.85. The number of hydrogen-bond acceptors (Lipinski definition) is 2. The first-order chi connectivity index (χ1) is 6.39. The number of alkyl halides is 3. The molecule has 0 bridgehead atoms. The molecule has 2 N–H and O–H groups in total. The van der Waals surface area contributed by atoms with Crippen LogP contribution in [-0.4, -0.2) is 30.3 Å². The van der Waals surface area contributed by atoms with E-state index in [1.807, 2.05) is 0 Å². The number of piperidine rings is 1. The van der Waals surface area contributed by atoms with Gasteiger partial charge in [-0.3, -0.25) is 4.79 Å². The van der Waals surface area contributed by atoms with Crippen LogP contribution in [0.1, 0.15) is 12.8 Å². The Labute approximate surface area is 79.3 Å². The van der Waals surface area contributed by atoms with Crippen LogP contribution in [0.15, 0.2) is 0 Å². The van der Waals surface area contributed by atoms with Crippen LogP contribution >= 0.6 is 0 Å². The highest BCUT2D eigenvalue weighted by Gasteiger charge is 2.42. The molecule has 0 aromatic rings. The van der Waals surface area contributed by atoms with Crippen LogP contribution < -0.4 is 5.32 Å². The minimum absolute atomic E-state index is 0.0806. The average molecular weight is 211 g/mol. The fourth-order valence-electron chi connectivity index (χ4n) is 1.68. The molecule has 3 nitrogen and oxygen atoms in total. The Morgan fingerprint density at radius 3 is 2.57 bits per heavy atom. The molecule has 1 heterocycles. The minimum atomic E-state index is -4.22. The van der Waals surface area contributed by atoms with E-state index >= 15 is 0 Å². The number of hydrogen-bond donors (Lipinski definition) is 2. The predicted octanol–water partition coefficient (Wildman–Crippen LogP) is 1.25. The summed E-state index contributed by atoms with van der Waals surface area (Å²) in [6.45, 7) is 0.262. The van der Waals surface area contributed by atoms with Gasteiger partial charge in [0.05, 0.1) is 5.92 Å². The van der Waals surface area contributed by atoms with E-state index in [2.05, 4.69) is 5.32 Å². The molecule has 0 aromatic carbocycles. The Morgan fingerprint density at radius 2 is 2.07 bits per heavy atom. The van der Waals surface area contributed by atoms with Crippen LogP contribution in [0.2, 0.25) is 0 Å². The van der Waals surface area contributed by atoms with Gasteiger partial charge >= 0.3 is 12.1 Å². The molecule has 0 amide bonds. The summed E-state index contributed by atoms with van der Waals surface area (Å²) in [4.78, 5) is 10.3. The molecule has 0 saturated carbocycles. The molecule has 2 unspecified atom stereocenters. The van der Waals surface area contributed by atoms with E-state index in [1.54, 1.807) is 0 Å². The maximum Gasteiger partial charge on any atom is 0.393 e. The zero-order chi connectivity index (χ0) is 10.8. The summed E-state index contributed by atoms with van der Waals surface area (Å²) >= 11 is 0. The smallest absolute Gasteiger partial charge is 0.393 e. The number of carboxylic acid groups (broad SMARTS) is 1. The van der Waals surface area contributed by atoms with Crippen LogP contribution in [0.4, 0.5) is 13.2 Å². The molecular weight excluding hydrogens is 199 g/mol. The van der Waals surface area contributed by atoms with Crippen molar-refractivity contribution < 1.29 is 23.1 Å². The third kappa shape index (κ3) is 3.17. The number of nitrogens with one attached hydrogen (secondary N) is 1. The van der Waals surface area contributed by atoms with E-state index in [4.69, 9.17) is 5.11 Å². The lowest BCUT2D eigenvalue weighted by Crippen LogP contribution is -2.43. The molecule has 0 spiro atoms. The van der Waals surface area contributed by atoms with Gasteiger partial charge in [0.1, 0.15) is 0 Å². The number of carboxylic acids is 1. The first-order valence-electron chi connectivity index (χ1n) is 4.39. The molecule has 1 aliphatic rings. The third-order valence-corrected chi connectivity index (χ3v) is 2.37. The van der Waals surface area contributed by atoms with Gasteiger partial charge in [-0.25, -0.2) is 0 Å². The Bertz CT molecular complexity index is 217. The van der Waals surface area contributed by atoms with Gasteiger partial charge < -0.3 is 10.4 Å². The summed E-state index contributed by atoms with van der Waals surface area (Å²) in [5, 5.41) is 11.1. The van der Waals surface area contributed by atoms with E-state index in [0.717, 1.165) is 0 Å². The normalized spacial score (nSPS) is 28.8. The number of carbonyl (C=O) groups is 1. The first kappa shape index (κ1) is 11.3. The Hall–Kier alpha value is -0.780. The van der Waals surface area contributed by atoms with E-state index in [-0.39, 0.29) is 19.4 Å². The zero-order valence-electron chi connectivity index (χ0n) is 7.47. The highest BCUT2D eigenvalue weighted by Crippen LogP contribution is 2.33. The molecule has 0 radical (unpaired) electrons. The molecule has 1 fully saturated rings. The molecule has 14 heavy (non-hydrogen) atoms. The second-order valence-electron chi connectivity index (χ2n) is 3.60. The summed E-state index contributed by atoms with van der Waals surface area (Å²) in [7, 11) is 0. The van der Waals surface area contributed by atoms with Crippen LogP contribution in [0.3, 0.4) is 0 Å². The van der Waals surface area contributed by atoms with Crippen LogP contribution in [-0.2, 0) is 4.79 Å². The van der Waals surface area contributed by atoms with E-state index in [0.29, 0.717) is 6.54 Å². The SMILES string of the molecule is O=C(O)CC1CNCC(C(F)(F)F)C1. The Balaban J connectivity index is 2.48. The van der Waals surface area contributed by atoms with Crippen molar-refractivity contribution in [2.45, 2.75) is 19.0 Å². The lowest BCUT2D eigenvalue weighted by atomic mass is 9.88. The standard InChI is InChI=1S/C8H12F3NO2/c9-8(10,11)6-1-5(2-7(13)14)3-12-4-6/h5-6,12H,1-4H2,(H,13,14). The minimum Gasteiger partial charge on any atom is -0.481 e. The Morgan fingerprint density at radius 1 is 1.43 bits per heavy atom. The van der Waals surface area contributed by atoms with Gasteiger partial charge in [-0.1, -0.05) is 0 Å². The van der Waals surface area contributed by atoms with Crippen LogP contribution in [0.5, 0.6) is 0 Å². The summed E-state index contributed by atoms with van der Waals surface area (Å²) in [6, 6.07) is 0. The third-order valence-electron chi connectivity index (χ3n) is 2.37. The van der Waals surface area contributed by atoms with Gasteiger partial charge in [0.15, 0.2) is 0 Å². The van der Waals surface area contributed by atoms with E-state index in [1.165, 1.54) is 0 Å². The summed E-state index contributed by atoms with van der Waals surface area (Å²) in [5.41, 5.74) is 0. The number of rotatable bonds is 2. The van der Waals surface area contributed by atoms with Crippen molar-refractivity contribution in [1.29, 1.82) is 0 Å². The van der Waals surface area contributed by atoms with Crippen LogP contribution in [0, 0.1) is 11.8 Å². The zero-order valence-corrected chi connectivity index (χ0v) is 7.47. The monoisotopic (exact) mass is 211 g/mol. The van der Waals surface area contributed by atoms with Crippen molar-refractivity contribution in [3.8, 4) is 0 Å². The maximum absolute atomic E-state index is 12.3. The average Bonchev–Trinajstić information content (AvgIpc) is 2.01. The fourth-order valence-corrected chi connectivity index (χ4v) is 1.68. The van der Waals surface area contributed by atoms with Gasteiger partial charge in [0.2, 0.25) is 0 Å². The molecule has 0 aliphatic carbocycles. The van der Waals surface area contributed by atoms with Crippen molar-refractivity contribution in [3.63, 3.8) is 0 Å². The fraction of sp³-hybridized carbons (Fsp3) is 0.875. The molecule has 1 aliphatic heterocycles. The van der Waals surface area contributed by atoms with Crippen molar-refractivity contribution in [3.05, 3.63) is 0 Å². The van der Waals surface area contributed by atoms with Gasteiger partial charge in [0.25, 0.3) is 0 Å². The van der Waals surface area contributed by atoms with Gasteiger partial charge in [-0.2, -0.15) is 13.2 Å². The van der Waals surface area contributed by atoms with Gasteiger partial charge in [0, 0.05) is 13.0 Å². The van der Waals surface area contributed by atoms with E-state index in [9.17, 15) is 18.0 Å². The number of halogens is 3. The van der Waals surface area contributed by atoms with Crippen LogP contribution in [0.25, 0.3) is 0 Å². The largest absolute Gasteiger partial charge is 0.481 e. The van der Waals surface area contributed by atoms with Crippen molar-refractivity contribution >= 4 is 5.97 Å². The highest BCUT2D eigenvalue weighted by atomic mass is 19.4. The van der Waals surface area contributed by atoms with Crippen molar-refractivity contribution in [2.75, 3.05) is 13.1 Å². The second kappa shape index (κ2) is 4.16. The topological polar surface area (TPSA) is 49.3 Å². The van der Waals surface area contributed by atoms with Gasteiger partial charge in [-0.05, 0) is 18.9 Å². The summed E-state index contributed by atoms with van der Waals surface area (Å²) in [6.07, 6.45) is -4.49. The predicted molar refractivity (Wildman–Crippen MR) is 42.8 cm³/mol. The molecular formula is C8H12F3NO2. The molecule has 1 saturated heterocycles. The molecule has 1 rings (SSSR count).